The average Bonchev–Trinajstić information content (AvgIpc) is 3.49. The molecule has 0 aliphatic heterocycles. The Kier molecular flexibility index (Phi) is 6.53. The van der Waals surface area contributed by atoms with Crippen molar-refractivity contribution in [2.24, 2.45) is 10.8 Å². The number of carbonyl (C=O) groups is 1. The molecule has 6 aliphatic carbocycles. The maximum atomic E-state index is 14.4. The maximum Gasteiger partial charge on any atom is 0.232 e. The van der Waals surface area contributed by atoms with Crippen LogP contribution < -0.4 is 9.64 Å². The van der Waals surface area contributed by atoms with Gasteiger partial charge in [0, 0.05) is 35.6 Å². The van der Waals surface area contributed by atoms with Gasteiger partial charge in [0.2, 0.25) is 11.8 Å². The van der Waals surface area contributed by atoms with Crippen LogP contribution in [0.1, 0.15) is 104 Å². The van der Waals surface area contributed by atoms with E-state index in [0.717, 1.165) is 72.8 Å². The zero-order valence-corrected chi connectivity index (χ0v) is 25.9. The molecule has 0 spiro atoms. The number of fused-ring (bicyclic) bond motifs is 3. The smallest absolute Gasteiger partial charge is 0.232 e. The Morgan fingerprint density at radius 1 is 0.977 bits per heavy atom. The highest BCUT2D eigenvalue weighted by Crippen LogP contribution is 2.71. The van der Waals surface area contributed by atoms with Gasteiger partial charge in [-0.15, -0.1) is 0 Å². The first-order valence-corrected chi connectivity index (χ1v) is 16.0. The number of halogens is 1. The summed E-state index contributed by atoms with van der Waals surface area (Å²) >= 11 is 0. The summed E-state index contributed by atoms with van der Waals surface area (Å²) in [5, 5.41) is 4.33. The molecule has 2 heterocycles. The number of aromatic nitrogens is 3. The van der Waals surface area contributed by atoms with Gasteiger partial charge in [-0.25, -0.2) is 4.39 Å². The molecular formula is C35H43FN4O3. The van der Waals surface area contributed by atoms with Crippen molar-refractivity contribution in [3.8, 4) is 16.9 Å². The van der Waals surface area contributed by atoms with Gasteiger partial charge in [-0.1, -0.05) is 38.1 Å². The second-order valence-corrected chi connectivity index (χ2v) is 15.2. The second kappa shape index (κ2) is 9.86. The van der Waals surface area contributed by atoms with Crippen LogP contribution in [0.3, 0.4) is 0 Å². The molecule has 0 unspecified atom stereocenters. The molecule has 6 saturated carbocycles. The fourth-order valence-corrected chi connectivity index (χ4v) is 8.33. The van der Waals surface area contributed by atoms with Crippen LogP contribution in [0.4, 0.5) is 10.1 Å². The zero-order valence-electron chi connectivity index (χ0n) is 25.9. The first kappa shape index (κ1) is 28.5. The molecule has 3 aromatic rings. The lowest BCUT2D eigenvalue weighted by molar-refractivity contribution is -0.215. The lowest BCUT2D eigenvalue weighted by Crippen LogP contribution is -2.65. The number of benzene rings is 1. The van der Waals surface area contributed by atoms with Gasteiger partial charge in [0.05, 0.1) is 18.5 Å². The monoisotopic (exact) mass is 586 g/mol. The number of alkyl halides is 1. The summed E-state index contributed by atoms with van der Waals surface area (Å²) in [5.74, 6) is 2.47. The number of nitrogens with zero attached hydrogens (tertiary/aromatic N) is 4. The van der Waals surface area contributed by atoms with Crippen LogP contribution in [0.2, 0.25) is 0 Å². The predicted octanol–water partition coefficient (Wildman–Crippen LogP) is 7.74. The molecule has 2 aromatic heterocycles. The van der Waals surface area contributed by atoms with Crippen LogP contribution in [-0.4, -0.2) is 39.9 Å². The number of rotatable bonds is 9. The predicted molar refractivity (Wildman–Crippen MR) is 163 cm³/mol. The van der Waals surface area contributed by atoms with Gasteiger partial charge in [0.25, 0.3) is 0 Å². The van der Waals surface area contributed by atoms with E-state index in [2.05, 4.69) is 37.0 Å². The molecule has 7 nitrogen and oxygen atoms in total. The fraction of sp³-hybridized carbons (Fsp3) is 0.600. The SMILES string of the molecule is CCOc1ccc(-c2cncc(N(CC34CCC(c5nc(C(C)(C)C)no5)(CC3)CC4)C(=O)CC34CC(F)(C3)C4)c2)cc1. The largest absolute Gasteiger partial charge is 0.494 e. The van der Waals surface area contributed by atoms with Crippen molar-refractivity contribution in [2.75, 3.05) is 18.1 Å². The number of amides is 1. The Hall–Kier alpha value is -3.29. The summed E-state index contributed by atoms with van der Waals surface area (Å²) in [6.45, 7) is 9.57. The zero-order chi connectivity index (χ0) is 30.1. The molecule has 8 heteroatoms. The number of hydrogen-bond acceptors (Lipinski definition) is 6. The number of pyridine rings is 1. The van der Waals surface area contributed by atoms with Crippen molar-refractivity contribution < 1.29 is 18.4 Å². The highest BCUT2D eigenvalue weighted by Gasteiger charge is 2.69. The van der Waals surface area contributed by atoms with E-state index in [9.17, 15) is 9.18 Å². The van der Waals surface area contributed by atoms with Crippen molar-refractivity contribution in [1.29, 1.82) is 0 Å². The first-order valence-electron chi connectivity index (χ1n) is 16.0. The summed E-state index contributed by atoms with van der Waals surface area (Å²) < 4.78 is 25.9. The molecule has 6 fully saturated rings. The van der Waals surface area contributed by atoms with Crippen LogP contribution in [0.15, 0.2) is 47.2 Å². The standard InChI is InChI=1S/C35H43FN4O3/c1-5-42-27-8-6-24(7-9-27)25-16-26(19-37-18-25)40(28(41)17-33-20-35(36,21-33)22-33)23-32-10-13-34(14-11-32,15-12-32)30-38-29(39-43-30)31(2,3)4/h6-9,16,18-19H,5,10-15,17,20-23H2,1-4H3. The van der Waals surface area contributed by atoms with Crippen molar-refractivity contribution in [3.05, 3.63) is 54.4 Å². The van der Waals surface area contributed by atoms with Crippen molar-refractivity contribution in [1.82, 2.24) is 15.1 Å². The van der Waals surface area contributed by atoms with Crippen LogP contribution in [-0.2, 0) is 15.6 Å². The minimum Gasteiger partial charge on any atom is -0.494 e. The lowest BCUT2D eigenvalue weighted by Gasteiger charge is -2.66. The van der Waals surface area contributed by atoms with Crippen LogP contribution >= 0.6 is 0 Å². The minimum absolute atomic E-state index is 0.0280. The molecule has 0 N–H and O–H groups in total. The summed E-state index contributed by atoms with van der Waals surface area (Å²) in [7, 11) is 0. The third kappa shape index (κ3) is 5.04. The highest BCUT2D eigenvalue weighted by molar-refractivity contribution is 5.94. The van der Waals surface area contributed by atoms with Crippen molar-refractivity contribution in [3.63, 3.8) is 0 Å². The molecule has 4 bridgehead atoms. The third-order valence-corrected chi connectivity index (χ3v) is 10.9. The summed E-state index contributed by atoms with van der Waals surface area (Å²) in [5.41, 5.74) is 1.45. The molecular weight excluding hydrogens is 543 g/mol. The van der Waals surface area contributed by atoms with Crippen molar-refractivity contribution >= 4 is 11.6 Å². The van der Waals surface area contributed by atoms with Crippen LogP contribution in [0.5, 0.6) is 5.75 Å². The molecule has 0 radical (unpaired) electrons. The van der Waals surface area contributed by atoms with Crippen LogP contribution in [0, 0.1) is 10.8 Å². The number of anilines is 1. The Morgan fingerprint density at radius 3 is 2.23 bits per heavy atom. The first-order chi connectivity index (χ1) is 20.4. The Balaban J connectivity index is 1.13. The third-order valence-electron chi connectivity index (χ3n) is 10.9. The molecule has 9 rings (SSSR count). The summed E-state index contributed by atoms with van der Waals surface area (Å²) in [6, 6.07) is 10.1. The number of hydrogen-bond donors (Lipinski definition) is 0. The molecule has 228 valence electrons. The molecule has 6 aliphatic rings. The molecule has 43 heavy (non-hydrogen) atoms. The Bertz CT molecular complexity index is 1480. The summed E-state index contributed by atoms with van der Waals surface area (Å²) in [6.07, 6.45) is 11.6. The van der Waals surface area contributed by atoms with Gasteiger partial charge in [0.15, 0.2) is 5.82 Å². The molecule has 0 atom stereocenters. The Labute approximate surface area is 253 Å². The van der Waals surface area contributed by atoms with E-state index in [1.807, 2.05) is 48.5 Å². The minimum atomic E-state index is -1.02. The van der Waals surface area contributed by atoms with E-state index >= 15 is 0 Å². The van der Waals surface area contributed by atoms with E-state index in [4.69, 9.17) is 14.2 Å². The summed E-state index contributed by atoms with van der Waals surface area (Å²) in [4.78, 5) is 25.5. The molecule has 1 aromatic carbocycles. The van der Waals surface area contributed by atoms with E-state index in [-0.39, 0.29) is 27.6 Å². The van der Waals surface area contributed by atoms with Crippen LogP contribution in [0.25, 0.3) is 11.1 Å². The maximum absolute atomic E-state index is 14.4. The van der Waals surface area contributed by atoms with E-state index in [1.165, 1.54) is 0 Å². The van der Waals surface area contributed by atoms with Gasteiger partial charge < -0.3 is 14.2 Å². The lowest BCUT2D eigenvalue weighted by atomic mass is 9.41. The number of carbonyl (C=O) groups excluding carboxylic acids is 1. The van der Waals surface area contributed by atoms with Gasteiger partial charge >= 0.3 is 0 Å². The van der Waals surface area contributed by atoms with Crippen molar-refractivity contribution in [2.45, 2.75) is 108 Å². The average molecular weight is 587 g/mol. The number of ether oxygens (including phenoxy) is 1. The normalized spacial score (nSPS) is 30.8. The van der Waals surface area contributed by atoms with Gasteiger partial charge in [0.1, 0.15) is 11.4 Å². The van der Waals surface area contributed by atoms with E-state index < -0.39 is 5.67 Å². The highest BCUT2D eigenvalue weighted by atomic mass is 19.1. The van der Waals surface area contributed by atoms with Gasteiger partial charge in [-0.3, -0.25) is 9.78 Å². The quantitative estimate of drug-likeness (QED) is 0.255. The molecule has 0 saturated heterocycles. The van der Waals surface area contributed by atoms with Gasteiger partial charge in [-0.2, -0.15) is 4.98 Å². The van der Waals surface area contributed by atoms with E-state index in [1.54, 1.807) is 0 Å². The fourth-order valence-electron chi connectivity index (χ4n) is 8.33. The molecule has 1 amide bonds. The van der Waals surface area contributed by atoms with Gasteiger partial charge in [-0.05, 0) is 99.3 Å². The topological polar surface area (TPSA) is 81.3 Å². The Morgan fingerprint density at radius 2 is 1.65 bits per heavy atom. The second-order valence-electron chi connectivity index (χ2n) is 15.2. The van der Waals surface area contributed by atoms with E-state index in [0.29, 0.717) is 38.8 Å².